The van der Waals surface area contributed by atoms with Gasteiger partial charge < -0.3 is 0 Å². The number of hydrazine groups is 1. The molecule has 1 aromatic heterocycles. The summed E-state index contributed by atoms with van der Waals surface area (Å²) in [5, 5.41) is 6.69. The highest BCUT2D eigenvalue weighted by molar-refractivity contribution is 5.99. The standard InChI is InChI=1S/C9H11N5O/c1-13-9(15)14(2)12-8(11-13)7-5-3-4-6-10-7/h3-6H,1-2H3,(H,11,12). The fraction of sp³-hybridized carbons (Fsp3) is 0.222. The molecule has 0 spiro atoms. The van der Waals surface area contributed by atoms with Crippen molar-refractivity contribution < 1.29 is 4.79 Å². The summed E-state index contributed by atoms with van der Waals surface area (Å²) >= 11 is 0. The first-order chi connectivity index (χ1) is 7.18. The van der Waals surface area contributed by atoms with Crippen LogP contribution >= 0.6 is 0 Å². The second-order valence-electron chi connectivity index (χ2n) is 3.14. The van der Waals surface area contributed by atoms with Crippen molar-refractivity contribution in [2.24, 2.45) is 5.10 Å². The van der Waals surface area contributed by atoms with Crippen molar-refractivity contribution >= 4 is 11.9 Å². The molecule has 1 aliphatic heterocycles. The number of carbonyl (C=O) groups is 1. The summed E-state index contributed by atoms with van der Waals surface area (Å²) in [6.45, 7) is 0. The van der Waals surface area contributed by atoms with Crippen LogP contribution < -0.4 is 5.43 Å². The third-order valence-electron chi connectivity index (χ3n) is 1.99. The molecule has 1 aliphatic rings. The SMILES string of the molecule is CN1N=C(c2ccccn2)NN(C)C1=O. The first-order valence-corrected chi connectivity index (χ1v) is 4.46. The van der Waals surface area contributed by atoms with Crippen molar-refractivity contribution in [3.63, 3.8) is 0 Å². The molecule has 0 aromatic carbocycles. The number of nitrogens with one attached hydrogen (secondary N) is 1. The Balaban J connectivity index is 2.32. The highest BCUT2D eigenvalue weighted by Gasteiger charge is 2.22. The van der Waals surface area contributed by atoms with Crippen LogP contribution in [0.3, 0.4) is 0 Å². The number of pyridine rings is 1. The van der Waals surface area contributed by atoms with Crippen LogP contribution in [0.5, 0.6) is 0 Å². The summed E-state index contributed by atoms with van der Waals surface area (Å²) in [5.41, 5.74) is 3.54. The number of rotatable bonds is 1. The predicted octanol–water partition coefficient (Wildman–Crippen LogP) is 0.245. The van der Waals surface area contributed by atoms with Crippen LogP contribution in [0.25, 0.3) is 0 Å². The van der Waals surface area contributed by atoms with Crippen LogP contribution in [0.15, 0.2) is 29.5 Å². The van der Waals surface area contributed by atoms with Crippen molar-refractivity contribution in [1.82, 2.24) is 20.4 Å². The second kappa shape index (κ2) is 3.56. The molecular formula is C9H11N5O. The lowest BCUT2D eigenvalue weighted by atomic mass is 10.3. The Kier molecular flexibility index (Phi) is 2.24. The number of nitrogens with zero attached hydrogens (tertiary/aromatic N) is 4. The summed E-state index contributed by atoms with van der Waals surface area (Å²) in [6, 6.07) is 5.30. The van der Waals surface area contributed by atoms with Gasteiger partial charge in [-0.25, -0.2) is 14.8 Å². The third-order valence-corrected chi connectivity index (χ3v) is 1.99. The van der Waals surface area contributed by atoms with Gasteiger partial charge in [-0.05, 0) is 12.1 Å². The summed E-state index contributed by atoms with van der Waals surface area (Å²) < 4.78 is 0. The van der Waals surface area contributed by atoms with Crippen LogP contribution in [0, 0.1) is 0 Å². The minimum absolute atomic E-state index is 0.213. The molecular weight excluding hydrogens is 194 g/mol. The third kappa shape index (κ3) is 1.74. The van der Waals surface area contributed by atoms with Gasteiger partial charge in [-0.2, -0.15) is 0 Å². The zero-order valence-electron chi connectivity index (χ0n) is 8.51. The molecule has 1 N–H and O–H groups in total. The molecule has 2 heterocycles. The van der Waals surface area contributed by atoms with Gasteiger partial charge in [0.1, 0.15) is 5.69 Å². The van der Waals surface area contributed by atoms with E-state index in [4.69, 9.17) is 0 Å². The minimum atomic E-state index is -0.213. The minimum Gasteiger partial charge on any atom is -0.275 e. The Morgan fingerprint density at radius 1 is 1.33 bits per heavy atom. The highest BCUT2D eigenvalue weighted by Crippen LogP contribution is 2.03. The van der Waals surface area contributed by atoms with Crippen LogP contribution in [-0.4, -0.2) is 41.0 Å². The molecule has 2 rings (SSSR count). The van der Waals surface area contributed by atoms with E-state index in [0.29, 0.717) is 11.5 Å². The van der Waals surface area contributed by atoms with Gasteiger partial charge in [0.2, 0.25) is 0 Å². The van der Waals surface area contributed by atoms with E-state index < -0.39 is 0 Å². The number of carbonyl (C=O) groups excluding carboxylic acids is 1. The number of aromatic nitrogens is 1. The Bertz CT molecular complexity index is 402. The van der Waals surface area contributed by atoms with Gasteiger partial charge in [0.25, 0.3) is 0 Å². The Labute approximate surface area is 87.2 Å². The van der Waals surface area contributed by atoms with E-state index in [-0.39, 0.29) is 6.03 Å². The largest absolute Gasteiger partial charge is 0.358 e. The van der Waals surface area contributed by atoms with Crippen LogP contribution in [0.2, 0.25) is 0 Å². The van der Waals surface area contributed by atoms with E-state index in [1.807, 2.05) is 18.2 Å². The predicted molar refractivity (Wildman–Crippen MR) is 54.8 cm³/mol. The molecule has 6 nitrogen and oxygen atoms in total. The summed E-state index contributed by atoms with van der Waals surface area (Å²) in [7, 11) is 3.24. The molecule has 0 aliphatic carbocycles. The average molecular weight is 205 g/mol. The van der Waals surface area contributed by atoms with Gasteiger partial charge in [0.05, 0.1) is 0 Å². The Morgan fingerprint density at radius 3 is 2.73 bits per heavy atom. The molecule has 0 saturated heterocycles. The smallest absolute Gasteiger partial charge is 0.275 e. The van der Waals surface area contributed by atoms with Gasteiger partial charge in [-0.15, -0.1) is 5.10 Å². The molecule has 1 aromatic rings. The maximum atomic E-state index is 11.4. The molecule has 0 bridgehead atoms. The molecule has 0 atom stereocenters. The molecule has 2 amide bonds. The molecule has 0 radical (unpaired) electrons. The fourth-order valence-electron chi connectivity index (χ4n) is 1.25. The molecule has 0 saturated carbocycles. The Hall–Kier alpha value is -2.11. The number of hydrazone groups is 1. The molecule has 0 fully saturated rings. The zero-order chi connectivity index (χ0) is 10.8. The number of amidine groups is 1. The number of urea groups is 1. The van der Waals surface area contributed by atoms with E-state index in [1.54, 1.807) is 20.3 Å². The van der Waals surface area contributed by atoms with E-state index in [9.17, 15) is 4.79 Å². The van der Waals surface area contributed by atoms with Crippen molar-refractivity contribution in [1.29, 1.82) is 0 Å². The van der Waals surface area contributed by atoms with Crippen molar-refractivity contribution in [2.75, 3.05) is 14.1 Å². The highest BCUT2D eigenvalue weighted by atomic mass is 16.2. The molecule has 78 valence electrons. The van der Waals surface area contributed by atoms with Crippen molar-refractivity contribution in [3.05, 3.63) is 30.1 Å². The van der Waals surface area contributed by atoms with Crippen LogP contribution in [0.4, 0.5) is 4.79 Å². The van der Waals surface area contributed by atoms with Gasteiger partial charge in [-0.1, -0.05) is 6.07 Å². The number of hydrogen-bond acceptors (Lipinski definition) is 4. The lowest BCUT2D eigenvalue weighted by Crippen LogP contribution is -2.52. The maximum Gasteiger partial charge on any atom is 0.358 e. The van der Waals surface area contributed by atoms with Gasteiger partial charge >= 0.3 is 6.03 Å². The van der Waals surface area contributed by atoms with E-state index >= 15 is 0 Å². The lowest BCUT2D eigenvalue weighted by molar-refractivity contribution is 0.157. The van der Waals surface area contributed by atoms with Crippen LogP contribution in [-0.2, 0) is 0 Å². The Morgan fingerprint density at radius 2 is 2.13 bits per heavy atom. The fourth-order valence-corrected chi connectivity index (χ4v) is 1.25. The zero-order valence-corrected chi connectivity index (χ0v) is 8.51. The van der Waals surface area contributed by atoms with Gasteiger partial charge in [-0.3, -0.25) is 10.4 Å². The van der Waals surface area contributed by atoms with E-state index in [0.717, 1.165) is 0 Å². The summed E-state index contributed by atoms with van der Waals surface area (Å²) in [6.07, 6.45) is 1.68. The molecule has 0 unspecified atom stereocenters. The van der Waals surface area contributed by atoms with Crippen LogP contribution in [0.1, 0.15) is 5.69 Å². The molecule has 6 heteroatoms. The average Bonchev–Trinajstić information content (AvgIpc) is 2.26. The van der Waals surface area contributed by atoms with Crippen molar-refractivity contribution in [2.45, 2.75) is 0 Å². The topological polar surface area (TPSA) is 60.8 Å². The van der Waals surface area contributed by atoms with Gasteiger partial charge in [0, 0.05) is 20.3 Å². The molecule has 15 heavy (non-hydrogen) atoms. The monoisotopic (exact) mass is 205 g/mol. The maximum absolute atomic E-state index is 11.4. The number of hydrogen-bond donors (Lipinski definition) is 1. The quantitative estimate of drug-likeness (QED) is 0.714. The summed E-state index contributed by atoms with van der Waals surface area (Å²) in [4.78, 5) is 15.5. The van der Waals surface area contributed by atoms with E-state index in [2.05, 4.69) is 15.5 Å². The first kappa shape index (κ1) is 9.45. The van der Waals surface area contributed by atoms with Crippen molar-refractivity contribution in [3.8, 4) is 0 Å². The lowest BCUT2D eigenvalue weighted by Gasteiger charge is -2.28. The van der Waals surface area contributed by atoms with E-state index in [1.165, 1.54) is 10.0 Å². The second-order valence-corrected chi connectivity index (χ2v) is 3.14. The number of amides is 2. The van der Waals surface area contributed by atoms with Gasteiger partial charge in [0.15, 0.2) is 5.84 Å². The summed E-state index contributed by atoms with van der Waals surface area (Å²) in [5.74, 6) is 0.556. The first-order valence-electron chi connectivity index (χ1n) is 4.46. The normalized spacial score (nSPS) is 16.1.